The Morgan fingerprint density at radius 1 is 1.13 bits per heavy atom. The van der Waals surface area contributed by atoms with Crippen molar-refractivity contribution in [3.05, 3.63) is 65.2 Å². The number of benzene rings is 2. The maximum Gasteiger partial charge on any atom is 0.319 e. The summed E-state index contributed by atoms with van der Waals surface area (Å²) in [5, 5.41) is 15.2. The minimum Gasteiger partial charge on any atom is -0.386 e. The molecule has 0 bridgehead atoms. The SMILES string of the molecule is Cc1ccc(NC(=O)NC(C)C(O)c2ccc(F)cc2)cc1F. The molecule has 0 heterocycles. The molecule has 2 rings (SSSR count). The van der Waals surface area contributed by atoms with E-state index in [0.29, 0.717) is 16.8 Å². The molecule has 2 atom stereocenters. The van der Waals surface area contributed by atoms with Crippen LogP contribution in [0.2, 0.25) is 0 Å². The van der Waals surface area contributed by atoms with E-state index in [1.165, 1.54) is 30.3 Å². The summed E-state index contributed by atoms with van der Waals surface area (Å²) in [6.07, 6.45) is -0.990. The van der Waals surface area contributed by atoms with Crippen LogP contribution < -0.4 is 10.6 Å². The Bertz CT molecular complexity index is 689. The number of rotatable bonds is 4. The molecule has 0 aliphatic carbocycles. The number of aryl methyl sites for hydroxylation is 1. The zero-order chi connectivity index (χ0) is 17.0. The molecule has 122 valence electrons. The van der Waals surface area contributed by atoms with Crippen molar-refractivity contribution in [2.24, 2.45) is 0 Å². The van der Waals surface area contributed by atoms with Crippen LogP contribution in [-0.2, 0) is 0 Å². The Morgan fingerprint density at radius 3 is 2.39 bits per heavy atom. The predicted octanol–water partition coefficient (Wildman–Crippen LogP) is 3.52. The highest BCUT2D eigenvalue weighted by molar-refractivity contribution is 5.89. The Balaban J connectivity index is 1.95. The highest BCUT2D eigenvalue weighted by Gasteiger charge is 2.18. The van der Waals surface area contributed by atoms with Gasteiger partial charge in [-0.25, -0.2) is 13.6 Å². The van der Waals surface area contributed by atoms with Crippen molar-refractivity contribution in [3.8, 4) is 0 Å². The summed E-state index contributed by atoms with van der Waals surface area (Å²) >= 11 is 0. The van der Waals surface area contributed by atoms with Crippen molar-refractivity contribution < 1.29 is 18.7 Å². The van der Waals surface area contributed by atoms with E-state index in [1.54, 1.807) is 26.0 Å². The highest BCUT2D eigenvalue weighted by Crippen LogP contribution is 2.18. The lowest BCUT2D eigenvalue weighted by atomic mass is 10.0. The van der Waals surface area contributed by atoms with E-state index in [-0.39, 0.29) is 0 Å². The fourth-order valence-corrected chi connectivity index (χ4v) is 2.07. The molecular weight excluding hydrogens is 302 g/mol. The average Bonchev–Trinajstić information content (AvgIpc) is 2.51. The van der Waals surface area contributed by atoms with Gasteiger partial charge in [0.05, 0.1) is 12.1 Å². The summed E-state index contributed by atoms with van der Waals surface area (Å²) in [5.74, 6) is -0.817. The largest absolute Gasteiger partial charge is 0.386 e. The zero-order valence-corrected chi connectivity index (χ0v) is 12.8. The first-order chi connectivity index (χ1) is 10.9. The first-order valence-corrected chi connectivity index (χ1v) is 7.14. The average molecular weight is 320 g/mol. The smallest absolute Gasteiger partial charge is 0.319 e. The van der Waals surface area contributed by atoms with Crippen LogP contribution in [0, 0.1) is 18.6 Å². The molecule has 2 amide bonds. The number of carbonyl (C=O) groups is 1. The molecule has 0 aromatic heterocycles. The first kappa shape index (κ1) is 16.9. The third-order valence-corrected chi connectivity index (χ3v) is 3.47. The van der Waals surface area contributed by atoms with Crippen LogP contribution in [0.15, 0.2) is 42.5 Å². The monoisotopic (exact) mass is 320 g/mol. The zero-order valence-electron chi connectivity index (χ0n) is 12.8. The number of urea groups is 1. The van der Waals surface area contributed by atoms with Crippen molar-refractivity contribution in [1.82, 2.24) is 5.32 Å². The predicted molar refractivity (Wildman–Crippen MR) is 84.1 cm³/mol. The fraction of sp³-hybridized carbons (Fsp3) is 0.235. The van der Waals surface area contributed by atoms with Gasteiger partial charge in [-0.1, -0.05) is 18.2 Å². The first-order valence-electron chi connectivity index (χ1n) is 7.14. The van der Waals surface area contributed by atoms with E-state index >= 15 is 0 Å². The number of amides is 2. The fourth-order valence-electron chi connectivity index (χ4n) is 2.07. The van der Waals surface area contributed by atoms with Crippen LogP contribution in [-0.4, -0.2) is 17.2 Å². The van der Waals surface area contributed by atoms with Crippen molar-refractivity contribution in [2.75, 3.05) is 5.32 Å². The molecule has 2 aromatic carbocycles. The lowest BCUT2D eigenvalue weighted by Crippen LogP contribution is -2.39. The summed E-state index contributed by atoms with van der Waals surface area (Å²) in [6.45, 7) is 3.24. The summed E-state index contributed by atoms with van der Waals surface area (Å²) in [4.78, 5) is 11.9. The van der Waals surface area contributed by atoms with E-state index in [9.17, 15) is 18.7 Å². The Labute approximate surface area is 133 Å². The molecule has 0 aliphatic rings. The van der Waals surface area contributed by atoms with E-state index in [2.05, 4.69) is 10.6 Å². The van der Waals surface area contributed by atoms with Gasteiger partial charge in [-0.3, -0.25) is 0 Å². The molecule has 3 N–H and O–H groups in total. The van der Waals surface area contributed by atoms with E-state index in [1.807, 2.05) is 0 Å². The number of aliphatic hydroxyl groups is 1. The van der Waals surface area contributed by atoms with Gasteiger partial charge in [-0.2, -0.15) is 0 Å². The number of halogens is 2. The van der Waals surface area contributed by atoms with Crippen LogP contribution >= 0.6 is 0 Å². The molecule has 0 saturated heterocycles. The van der Waals surface area contributed by atoms with Gasteiger partial charge < -0.3 is 15.7 Å². The molecule has 0 radical (unpaired) electrons. The second-order valence-electron chi connectivity index (χ2n) is 5.35. The number of aliphatic hydroxyl groups excluding tert-OH is 1. The number of hydrogen-bond donors (Lipinski definition) is 3. The van der Waals surface area contributed by atoms with Crippen molar-refractivity contribution in [3.63, 3.8) is 0 Å². The summed E-state index contributed by atoms with van der Waals surface area (Å²) < 4.78 is 26.3. The molecule has 2 unspecified atom stereocenters. The van der Waals surface area contributed by atoms with Gasteiger partial charge in [0, 0.05) is 5.69 Å². The Kier molecular flexibility index (Phi) is 5.28. The molecule has 6 heteroatoms. The van der Waals surface area contributed by atoms with Gasteiger partial charge in [0.15, 0.2) is 0 Å². The minimum atomic E-state index is -0.990. The number of hydrogen-bond acceptors (Lipinski definition) is 2. The minimum absolute atomic E-state index is 0.314. The van der Waals surface area contributed by atoms with Gasteiger partial charge in [-0.15, -0.1) is 0 Å². The van der Waals surface area contributed by atoms with Crippen LogP contribution in [0.4, 0.5) is 19.3 Å². The maximum atomic E-state index is 13.4. The third kappa shape index (κ3) is 4.50. The number of nitrogens with one attached hydrogen (secondary N) is 2. The molecule has 0 fully saturated rings. The van der Waals surface area contributed by atoms with E-state index in [4.69, 9.17) is 0 Å². The molecule has 0 spiro atoms. The number of anilines is 1. The molecule has 0 aliphatic heterocycles. The topological polar surface area (TPSA) is 61.4 Å². The second-order valence-corrected chi connectivity index (χ2v) is 5.35. The molecule has 23 heavy (non-hydrogen) atoms. The molecule has 0 saturated carbocycles. The quantitative estimate of drug-likeness (QED) is 0.807. The van der Waals surface area contributed by atoms with Crippen LogP contribution in [0.3, 0.4) is 0 Å². The Morgan fingerprint density at radius 2 is 1.78 bits per heavy atom. The van der Waals surface area contributed by atoms with Gasteiger partial charge >= 0.3 is 6.03 Å². The van der Waals surface area contributed by atoms with Crippen LogP contribution in [0.1, 0.15) is 24.2 Å². The second kappa shape index (κ2) is 7.19. The van der Waals surface area contributed by atoms with Gasteiger partial charge in [0.1, 0.15) is 11.6 Å². The summed E-state index contributed by atoms with van der Waals surface area (Å²) in [7, 11) is 0. The van der Waals surface area contributed by atoms with Gasteiger partial charge in [0.25, 0.3) is 0 Å². The Hall–Kier alpha value is -2.47. The van der Waals surface area contributed by atoms with Crippen molar-refractivity contribution in [1.29, 1.82) is 0 Å². The third-order valence-electron chi connectivity index (χ3n) is 3.47. The molecule has 2 aromatic rings. The highest BCUT2D eigenvalue weighted by atomic mass is 19.1. The van der Waals surface area contributed by atoms with E-state index < -0.39 is 29.8 Å². The van der Waals surface area contributed by atoms with Crippen molar-refractivity contribution in [2.45, 2.75) is 26.0 Å². The van der Waals surface area contributed by atoms with Crippen LogP contribution in [0.25, 0.3) is 0 Å². The number of carbonyl (C=O) groups excluding carboxylic acids is 1. The van der Waals surface area contributed by atoms with Crippen LogP contribution in [0.5, 0.6) is 0 Å². The van der Waals surface area contributed by atoms with Gasteiger partial charge in [-0.05, 0) is 49.2 Å². The van der Waals surface area contributed by atoms with E-state index in [0.717, 1.165) is 0 Å². The molecule has 4 nitrogen and oxygen atoms in total. The lowest BCUT2D eigenvalue weighted by Gasteiger charge is -2.21. The lowest BCUT2D eigenvalue weighted by molar-refractivity contribution is 0.139. The van der Waals surface area contributed by atoms with Crippen molar-refractivity contribution >= 4 is 11.7 Å². The molecular formula is C17H18F2N2O2. The maximum absolute atomic E-state index is 13.4. The summed E-state index contributed by atoms with van der Waals surface area (Å²) in [6, 6.07) is 8.55. The summed E-state index contributed by atoms with van der Waals surface area (Å²) in [5.41, 5.74) is 1.28. The standard InChI is InChI=1S/C17H18F2N2O2/c1-10-3-8-14(9-15(10)19)21-17(23)20-11(2)16(22)12-4-6-13(18)7-5-12/h3-9,11,16,22H,1-2H3,(H2,20,21,23). The van der Waals surface area contributed by atoms with Gasteiger partial charge in [0.2, 0.25) is 0 Å². The normalized spacial score (nSPS) is 13.3.